The Bertz CT molecular complexity index is 738. The Morgan fingerprint density at radius 3 is 2.86 bits per heavy atom. The van der Waals surface area contributed by atoms with Crippen LogP contribution in [0, 0.1) is 6.92 Å². The highest BCUT2D eigenvalue weighted by atomic mass is 15.4. The van der Waals surface area contributed by atoms with Gasteiger partial charge in [0.2, 0.25) is 11.9 Å². The van der Waals surface area contributed by atoms with Crippen LogP contribution in [0.2, 0.25) is 0 Å². The molecule has 0 aromatic carbocycles. The Hall–Kier alpha value is -3.10. The van der Waals surface area contributed by atoms with Gasteiger partial charge in [0.25, 0.3) is 5.95 Å². The van der Waals surface area contributed by atoms with Crippen LogP contribution in [-0.2, 0) is 6.54 Å². The number of nitrogen functional groups attached to an aromatic ring is 1. The number of nitrogens with one attached hydrogen (secondary N) is 1. The summed E-state index contributed by atoms with van der Waals surface area (Å²) in [5, 5.41) is 7.02. The minimum atomic E-state index is 0.107. The maximum absolute atomic E-state index is 5.68. The Kier molecular flexibility index (Phi) is 3.37. The molecule has 0 fully saturated rings. The van der Waals surface area contributed by atoms with E-state index < -0.39 is 0 Å². The molecule has 0 saturated heterocycles. The van der Waals surface area contributed by atoms with Crippen LogP contribution in [0.15, 0.2) is 30.9 Å². The second-order valence-electron chi connectivity index (χ2n) is 4.28. The predicted molar refractivity (Wildman–Crippen MR) is 75.5 cm³/mol. The number of anilines is 2. The van der Waals surface area contributed by atoms with Crippen molar-refractivity contribution in [1.82, 2.24) is 34.7 Å². The number of rotatable bonds is 4. The quantitative estimate of drug-likeness (QED) is 0.703. The van der Waals surface area contributed by atoms with E-state index in [2.05, 4.69) is 35.3 Å². The van der Waals surface area contributed by atoms with Crippen molar-refractivity contribution in [1.29, 1.82) is 0 Å². The molecule has 106 valence electrons. The lowest BCUT2D eigenvalue weighted by Crippen LogP contribution is -2.12. The lowest BCUT2D eigenvalue weighted by Gasteiger charge is -2.07. The van der Waals surface area contributed by atoms with Gasteiger partial charge in [-0.15, -0.1) is 0 Å². The topological polar surface area (TPSA) is 120 Å². The van der Waals surface area contributed by atoms with Crippen LogP contribution in [0.3, 0.4) is 0 Å². The molecule has 0 aliphatic carbocycles. The van der Waals surface area contributed by atoms with Crippen LogP contribution in [0.4, 0.5) is 11.9 Å². The summed E-state index contributed by atoms with van der Waals surface area (Å²) < 4.78 is 1.41. The number of pyridine rings is 1. The zero-order valence-corrected chi connectivity index (χ0v) is 11.3. The first kappa shape index (κ1) is 12.9. The third kappa shape index (κ3) is 3.08. The maximum Gasteiger partial charge on any atom is 0.258 e. The highest BCUT2D eigenvalue weighted by molar-refractivity contribution is 5.35. The van der Waals surface area contributed by atoms with Gasteiger partial charge in [-0.05, 0) is 19.1 Å². The van der Waals surface area contributed by atoms with Crippen molar-refractivity contribution < 1.29 is 0 Å². The molecule has 3 rings (SSSR count). The van der Waals surface area contributed by atoms with E-state index in [0.29, 0.717) is 18.4 Å². The van der Waals surface area contributed by atoms with Gasteiger partial charge in [0, 0.05) is 5.69 Å². The van der Waals surface area contributed by atoms with Crippen LogP contribution in [-0.4, -0.2) is 34.7 Å². The van der Waals surface area contributed by atoms with Gasteiger partial charge in [0.1, 0.15) is 12.7 Å². The fraction of sp³-hybridized carbons (Fsp3) is 0.167. The zero-order chi connectivity index (χ0) is 14.7. The molecule has 3 N–H and O–H groups in total. The van der Waals surface area contributed by atoms with E-state index >= 15 is 0 Å². The van der Waals surface area contributed by atoms with Gasteiger partial charge in [0.15, 0.2) is 0 Å². The molecule has 0 bridgehead atoms. The smallest absolute Gasteiger partial charge is 0.258 e. The molecule has 0 aliphatic rings. The van der Waals surface area contributed by atoms with E-state index in [9.17, 15) is 0 Å². The highest BCUT2D eigenvalue weighted by Gasteiger charge is 2.07. The van der Waals surface area contributed by atoms with Crippen LogP contribution in [0.5, 0.6) is 0 Å². The van der Waals surface area contributed by atoms with E-state index in [1.54, 1.807) is 0 Å². The Morgan fingerprint density at radius 2 is 2.10 bits per heavy atom. The predicted octanol–water partition coefficient (Wildman–Crippen LogP) is 0.350. The average molecular weight is 283 g/mol. The van der Waals surface area contributed by atoms with E-state index in [1.807, 2.05) is 25.1 Å². The molecule has 0 saturated carbocycles. The normalized spacial score (nSPS) is 10.5. The molecule has 9 heteroatoms. The van der Waals surface area contributed by atoms with Crippen molar-refractivity contribution in [3.8, 4) is 5.95 Å². The fourth-order valence-corrected chi connectivity index (χ4v) is 1.74. The number of aryl methyl sites for hydroxylation is 1. The second-order valence-corrected chi connectivity index (χ2v) is 4.28. The number of hydrogen-bond acceptors (Lipinski definition) is 8. The summed E-state index contributed by atoms with van der Waals surface area (Å²) in [6, 6.07) is 5.80. The van der Waals surface area contributed by atoms with Crippen molar-refractivity contribution >= 4 is 11.9 Å². The number of nitrogens with zero attached hydrogens (tertiary/aromatic N) is 7. The maximum atomic E-state index is 5.68. The lowest BCUT2D eigenvalue weighted by atomic mass is 10.3. The molecule has 3 aromatic rings. The molecule has 3 heterocycles. The molecular weight excluding hydrogens is 270 g/mol. The first-order chi connectivity index (χ1) is 10.2. The van der Waals surface area contributed by atoms with Gasteiger partial charge < -0.3 is 11.1 Å². The molecule has 0 aliphatic heterocycles. The fourth-order valence-electron chi connectivity index (χ4n) is 1.74. The molecule has 0 amide bonds. The number of aromatic nitrogens is 7. The average Bonchev–Trinajstić information content (AvgIpc) is 2.99. The third-order valence-corrected chi connectivity index (χ3v) is 2.64. The van der Waals surface area contributed by atoms with Gasteiger partial charge in [0.05, 0.1) is 12.2 Å². The molecule has 0 spiro atoms. The second kappa shape index (κ2) is 5.49. The van der Waals surface area contributed by atoms with Gasteiger partial charge in [-0.2, -0.15) is 24.7 Å². The van der Waals surface area contributed by atoms with Gasteiger partial charge in [-0.25, -0.2) is 4.98 Å². The molecule has 0 unspecified atom stereocenters. The minimum Gasteiger partial charge on any atom is -0.368 e. The summed E-state index contributed by atoms with van der Waals surface area (Å²) in [4.78, 5) is 20.5. The van der Waals surface area contributed by atoms with E-state index in [1.165, 1.54) is 17.3 Å². The number of hydrogen-bond donors (Lipinski definition) is 2. The van der Waals surface area contributed by atoms with Crippen LogP contribution >= 0.6 is 0 Å². The highest BCUT2D eigenvalue weighted by Crippen LogP contribution is 2.07. The zero-order valence-electron chi connectivity index (χ0n) is 11.3. The van der Waals surface area contributed by atoms with Gasteiger partial charge in [-0.1, -0.05) is 6.07 Å². The van der Waals surface area contributed by atoms with Crippen LogP contribution < -0.4 is 11.1 Å². The van der Waals surface area contributed by atoms with Gasteiger partial charge in [-0.3, -0.25) is 4.98 Å². The monoisotopic (exact) mass is 283 g/mol. The lowest BCUT2D eigenvalue weighted by molar-refractivity contribution is 0.796. The van der Waals surface area contributed by atoms with Crippen molar-refractivity contribution in [2.75, 3.05) is 11.1 Å². The van der Waals surface area contributed by atoms with E-state index in [-0.39, 0.29) is 5.95 Å². The number of nitrogens with two attached hydrogens (primary N) is 1. The summed E-state index contributed by atoms with van der Waals surface area (Å²) in [5.74, 6) is 0.770. The van der Waals surface area contributed by atoms with E-state index in [0.717, 1.165) is 11.4 Å². The SMILES string of the molecule is Cc1cccc(CNc2nc(N)nc(-n3cncn3)n2)n1. The Morgan fingerprint density at radius 1 is 1.19 bits per heavy atom. The summed E-state index contributed by atoms with van der Waals surface area (Å²) >= 11 is 0. The molecule has 9 nitrogen and oxygen atoms in total. The summed E-state index contributed by atoms with van der Waals surface area (Å²) in [6.45, 7) is 2.43. The largest absolute Gasteiger partial charge is 0.368 e. The van der Waals surface area contributed by atoms with Crippen molar-refractivity contribution in [3.05, 3.63) is 42.2 Å². The first-order valence-corrected chi connectivity index (χ1v) is 6.24. The standard InChI is InChI=1S/C12H13N9/c1-8-3-2-4-9(17-8)5-15-11-18-10(13)19-12(20-11)21-7-14-6-16-21/h2-4,6-7H,5H2,1H3,(H3,13,15,18,19,20). The molecular formula is C12H13N9. The van der Waals surface area contributed by atoms with Crippen LogP contribution in [0.1, 0.15) is 11.4 Å². The first-order valence-electron chi connectivity index (χ1n) is 6.24. The molecule has 3 aromatic heterocycles. The Balaban J connectivity index is 1.79. The van der Waals surface area contributed by atoms with Crippen molar-refractivity contribution in [2.24, 2.45) is 0 Å². The minimum absolute atomic E-state index is 0.107. The Labute approximate surface area is 120 Å². The molecule has 0 atom stereocenters. The van der Waals surface area contributed by atoms with Gasteiger partial charge >= 0.3 is 0 Å². The van der Waals surface area contributed by atoms with Crippen LogP contribution in [0.25, 0.3) is 5.95 Å². The van der Waals surface area contributed by atoms with E-state index in [4.69, 9.17) is 5.73 Å². The summed E-state index contributed by atoms with van der Waals surface area (Å²) in [6.07, 6.45) is 2.88. The molecule has 0 radical (unpaired) electrons. The van der Waals surface area contributed by atoms with Crippen molar-refractivity contribution in [2.45, 2.75) is 13.5 Å². The van der Waals surface area contributed by atoms with Crippen molar-refractivity contribution in [3.63, 3.8) is 0 Å². The summed E-state index contributed by atoms with van der Waals surface area (Å²) in [5.41, 5.74) is 7.52. The summed E-state index contributed by atoms with van der Waals surface area (Å²) in [7, 11) is 0. The molecule has 21 heavy (non-hydrogen) atoms. The third-order valence-electron chi connectivity index (χ3n) is 2.64.